The zero-order chi connectivity index (χ0) is 13.8. The summed E-state index contributed by atoms with van der Waals surface area (Å²) in [4.78, 5) is 10.1. The SMILES string of the molecule is COc1ccc(Oc2ccc([N+](=O)[O-])cc2)c(C)c1. The van der Waals surface area contributed by atoms with Gasteiger partial charge in [0.15, 0.2) is 0 Å². The zero-order valence-corrected chi connectivity index (χ0v) is 10.6. The topological polar surface area (TPSA) is 61.6 Å². The van der Waals surface area contributed by atoms with Crippen LogP contribution in [0.5, 0.6) is 17.2 Å². The van der Waals surface area contributed by atoms with Crippen LogP contribution in [0.3, 0.4) is 0 Å². The molecule has 19 heavy (non-hydrogen) atoms. The van der Waals surface area contributed by atoms with Crippen LogP contribution < -0.4 is 9.47 Å². The van der Waals surface area contributed by atoms with E-state index in [1.807, 2.05) is 13.0 Å². The van der Waals surface area contributed by atoms with E-state index in [0.717, 1.165) is 11.3 Å². The van der Waals surface area contributed by atoms with Gasteiger partial charge < -0.3 is 9.47 Å². The summed E-state index contributed by atoms with van der Waals surface area (Å²) in [6.45, 7) is 1.91. The highest BCUT2D eigenvalue weighted by Crippen LogP contribution is 2.28. The summed E-state index contributed by atoms with van der Waals surface area (Å²) in [5.74, 6) is 2.00. The predicted octanol–water partition coefficient (Wildman–Crippen LogP) is 3.70. The molecule has 5 nitrogen and oxygen atoms in total. The molecule has 0 saturated carbocycles. The summed E-state index contributed by atoms with van der Waals surface area (Å²) in [5, 5.41) is 10.5. The van der Waals surface area contributed by atoms with Gasteiger partial charge in [-0.3, -0.25) is 10.1 Å². The second kappa shape index (κ2) is 5.39. The summed E-state index contributed by atoms with van der Waals surface area (Å²) in [7, 11) is 1.60. The van der Waals surface area contributed by atoms with E-state index in [-0.39, 0.29) is 5.69 Å². The molecule has 0 N–H and O–H groups in total. The van der Waals surface area contributed by atoms with Gasteiger partial charge in [0.25, 0.3) is 5.69 Å². The molecule has 0 spiro atoms. The maximum absolute atomic E-state index is 10.5. The van der Waals surface area contributed by atoms with Gasteiger partial charge in [-0.15, -0.1) is 0 Å². The number of hydrogen-bond donors (Lipinski definition) is 0. The van der Waals surface area contributed by atoms with E-state index in [9.17, 15) is 10.1 Å². The van der Waals surface area contributed by atoms with Crippen molar-refractivity contribution in [1.29, 1.82) is 0 Å². The molecule has 0 aromatic heterocycles. The predicted molar refractivity (Wildman–Crippen MR) is 70.9 cm³/mol. The van der Waals surface area contributed by atoms with Crippen molar-refractivity contribution in [2.24, 2.45) is 0 Å². The first-order chi connectivity index (χ1) is 9.10. The summed E-state index contributed by atoms with van der Waals surface area (Å²) in [5.41, 5.74) is 0.969. The van der Waals surface area contributed by atoms with Crippen LogP contribution in [0.1, 0.15) is 5.56 Å². The molecule has 2 aromatic rings. The van der Waals surface area contributed by atoms with E-state index in [0.29, 0.717) is 11.5 Å². The molecule has 0 aliphatic rings. The van der Waals surface area contributed by atoms with Crippen molar-refractivity contribution >= 4 is 5.69 Å². The first kappa shape index (κ1) is 12.9. The number of methoxy groups -OCH3 is 1. The Morgan fingerprint density at radius 3 is 2.21 bits per heavy atom. The number of aryl methyl sites for hydroxylation is 1. The van der Waals surface area contributed by atoms with Gasteiger partial charge in [0.2, 0.25) is 0 Å². The molecule has 2 rings (SSSR count). The number of benzene rings is 2. The second-order valence-corrected chi connectivity index (χ2v) is 3.98. The molecule has 0 radical (unpaired) electrons. The average Bonchev–Trinajstić information content (AvgIpc) is 2.41. The Hall–Kier alpha value is -2.56. The lowest BCUT2D eigenvalue weighted by Crippen LogP contribution is -1.91. The highest BCUT2D eigenvalue weighted by Gasteiger charge is 2.06. The van der Waals surface area contributed by atoms with Crippen LogP contribution in [-0.4, -0.2) is 12.0 Å². The van der Waals surface area contributed by atoms with Gasteiger partial charge in [-0.2, -0.15) is 0 Å². The molecule has 2 aromatic carbocycles. The highest BCUT2D eigenvalue weighted by atomic mass is 16.6. The van der Waals surface area contributed by atoms with E-state index >= 15 is 0 Å². The minimum Gasteiger partial charge on any atom is -0.497 e. The molecule has 0 atom stereocenters. The fourth-order valence-electron chi connectivity index (χ4n) is 1.63. The number of nitro groups is 1. The number of ether oxygens (including phenoxy) is 2. The van der Waals surface area contributed by atoms with E-state index in [1.165, 1.54) is 12.1 Å². The van der Waals surface area contributed by atoms with Crippen molar-refractivity contribution in [2.45, 2.75) is 6.92 Å². The van der Waals surface area contributed by atoms with Crippen LogP contribution in [0.15, 0.2) is 42.5 Å². The maximum Gasteiger partial charge on any atom is 0.269 e. The Morgan fingerprint density at radius 2 is 1.68 bits per heavy atom. The first-order valence-corrected chi connectivity index (χ1v) is 5.67. The molecule has 5 heteroatoms. The number of non-ortho nitro benzene ring substituents is 1. The minimum atomic E-state index is -0.442. The number of nitro benzene ring substituents is 1. The van der Waals surface area contributed by atoms with E-state index in [4.69, 9.17) is 9.47 Å². The standard InChI is InChI=1S/C14H13NO4/c1-10-9-13(18-2)7-8-14(10)19-12-5-3-11(4-6-12)15(16)17/h3-9H,1-2H3. The molecule has 0 fully saturated rings. The summed E-state index contributed by atoms with van der Waals surface area (Å²) >= 11 is 0. The lowest BCUT2D eigenvalue weighted by atomic mass is 10.2. The van der Waals surface area contributed by atoms with Gasteiger partial charge in [0, 0.05) is 12.1 Å². The molecular weight excluding hydrogens is 246 g/mol. The molecule has 0 aliphatic carbocycles. The van der Waals surface area contributed by atoms with Crippen molar-refractivity contribution in [2.75, 3.05) is 7.11 Å². The Kier molecular flexibility index (Phi) is 3.66. The van der Waals surface area contributed by atoms with Crippen molar-refractivity contribution in [1.82, 2.24) is 0 Å². The fraction of sp³-hybridized carbons (Fsp3) is 0.143. The third kappa shape index (κ3) is 3.01. The van der Waals surface area contributed by atoms with Gasteiger partial charge in [-0.25, -0.2) is 0 Å². The van der Waals surface area contributed by atoms with Gasteiger partial charge in [0.1, 0.15) is 17.2 Å². The van der Waals surface area contributed by atoms with Crippen LogP contribution in [0.25, 0.3) is 0 Å². The van der Waals surface area contributed by atoms with Gasteiger partial charge in [-0.05, 0) is 42.8 Å². The molecule has 0 unspecified atom stereocenters. The first-order valence-electron chi connectivity index (χ1n) is 5.67. The summed E-state index contributed by atoms with van der Waals surface area (Å²) in [6, 6.07) is 11.4. The Morgan fingerprint density at radius 1 is 1.05 bits per heavy atom. The normalized spacial score (nSPS) is 10.0. The lowest BCUT2D eigenvalue weighted by Gasteiger charge is -2.09. The fourth-order valence-corrected chi connectivity index (χ4v) is 1.63. The molecule has 98 valence electrons. The highest BCUT2D eigenvalue weighted by molar-refractivity contribution is 5.43. The second-order valence-electron chi connectivity index (χ2n) is 3.98. The Balaban J connectivity index is 2.19. The molecule has 0 bridgehead atoms. The lowest BCUT2D eigenvalue weighted by molar-refractivity contribution is -0.384. The van der Waals surface area contributed by atoms with Crippen molar-refractivity contribution < 1.29 is 14.4 Å². The number of nitrogens with zero attached hydrogens (tertiary/aromatic N) is 1. The van der Waals surface area contributed by atoms with Crippen LogP contribution in [0.4, 0.5) is 5.69 Å². The largest absolute Gasteiger partial charge is 0.497 e. The van der Waals surface area contributed by atoms with Gasteiger partial charge in [-0.1, -0.05) is 0 Å². The van der Waals surface area contributed by atoms with E-state index in [2.05, 4.69) is 0 Å². The van der Waals surface area contributed by atoms with Crippen LogP contribution in [-0.2, 0) is 0 Å². The summed E-state index contributed by atoms with van der Waals surface area (Å²) in [6.07, 6.45) is 0. The Labute approximate surface area is 110 Å². The third-order valence-electron chi connectivity index (χ3n) is 2.66. The molecule has 0 heterocycles. The smallest absolute Gasteiger partial charge is 0.269 e. The van der Waals surface area contributed by atoms with Crippen LogP contribution >= 0.6 is 0 Å². The molecular formula is C14H13NO4. The zero-order valence-electron chi connectivity index (χ0n) is 10.6. The average molecular weight is 259 g/mol. The van der Waals surface area contributed by atoms with Crippen molar-refractivity contribution in [3.63, 3.8) is 0 Å². The van der Waals surface area contributed by atoms with Crippen molar-refractivity contribution in [3.8, 4) is 17.2 Å². The van der Waals surface area contributed by atoms with E-state index < -0.39 is 4.92 Å². The maximum atomic E-state index is 10.5. The van der Waals surface area contributed by atoms with Crippen molar-refractivity contribution in [3.05, 3.63) is 58.1 Å². The van der Waals surface area contributed by atoms with Gasteiger partial charge in [0.05, 0.1) is 12.0 Å². The number of hydrogen-bond acceptors (Lipinski definition) is 4. The summed E-state index contributed by atoms with van der Waals surface area (Å²) < 4.78 is 10.8. The quantitative estimate of drug-likeness (QED) is 0.620. The molecule has 0 amide bonds. The number of rotatable bonds is 4. The third-order valence-corrected chi connectivity index (χ3v) is 2.66. The monoisotopic (exact) mass is 259 g/mol. The molecule has 0 saturated heterocycles. The minimum absolute atomic E-state index is 0.0406. The van der Waals surface area contributed by atoms with E-state index in [1.54, 1.807) is 31.4 Å². The Bertz CT molecular complexity index is 593. The van der Waals surface area contributed by atoms with Gasteiger partial charge >= 0.3 is 0 Å². The van der Waals surface area contributed by atoms with Crippen LogP contribution in [0.2, 0.25) is 0 Å². The molecule has 0 aliphatic heterocycles. The van der Waals surface area contributed by atoms with Crippen LogP contribution in [0, 0.1) is 17.0 Å².